The molecule has 2 unspecified atom stereocenters. The summed E-state index contributed by atoms with van der Waals surface area (Å²) in [6.07, 6.45) is -2.31. The van der Waals surface area contributed by atoms with E-state index in [-0.39, 0.29) is 13.2 Å². The van der Waals surface area contributed by atoms with Gasteiger partial charge in [0.25, 0.3) is 5.56 Å². The number of ether oxygens (including phenoxy) is 3. The van der Waals surface area contributed by atoms with Crippen LogP contribution in [0.1, 0.15) is 11.8 Å². The molecule has 0 radical (unpaired) electrons. The molecule has 0 aliphatic carbocycles. The Morgan fingerprint density at radius 1 is 1.40 bits per heavy atom. The number of hydrogen-bond acceptors (Lipinski definition) is 8. The van der Waals surface area contributed by atoms with E-state index >= 15 is 0 Å². The van der Waals surface area contributed by atoms with Gasteiger partial charge in [0.15, 0.2) is 6.23 Å². The summed E-state index contributed by atoms with van der Waals surface area (Å²) in [5.41, 5.74) is -0.911. The Morgan fingerprint density at radius 2 is 2.12 bits per heavy atom. The van der Waals surface area contributed by atoms with Crippen LogP contribution in [0.4, 0.5) is 0 Å². The molecule has 12 heteroatoms. The van der Waals surface area contributed by atoms with Gasteiger partial charge in [-0.3, -0.25) is 18.9 Å². The van der Waals surface area contributed by atoms with Crippen molar-refractivity contribution < 1.29 is 28.4 Å². The highest BCUT2D eigenvalue weighted by molar-refractivity contribution is 8.39. The number of methoxy groups -OCH3 is 1. The second kappa shape index (κ2) is 9.13. The maximum Gasteiger partial charge on any atom is 0.330 e. The third-order valence-electron chi connectivity index (χ3n) is 3.72. The van der Waals surface area contributed by atoms with Crippen molar-refractivity contribution in [3.05, 3.63) is 32.6 Å². The van der Waals surface area contributed by atoms with Crippen LogP contribution >= 0.6 is 19.5 Å². The van der Waals surface area contributed by atoms with Gasteiger partial charge < -0.3 is 23.8 Å². The highest BCUT2D eigenvalue weighted by atomic mass is 32.7. The van der Waals surface area contributed by atoms with E-state index in [0.717, 1.165) is 4.57 Å². The molecule has 1 aliphatic heterocycles. The molecule has 0 amide bonds. The Bertz CT molecular complexity index is 723. The van der Waals surface area contributed by atoms with Crippen molar-refractivity contribution in [2.24, 2.45) is 0 Å². The third kappa shape index (κ3) is 4.82. The van der Waals surface area contributed by atoms with Gasteiger partial charge in [-0.1, -0.05) is 12.2 Å². The Hall–Kier alpha value is -0.940. The molecule has 5 atom stereocenters. The highest BCUT2D eigenvalue weighted by Gasteiger charge is 2.48. The van der Waals surface area contributed by atoms with Crippen molar-refractivity contribution in [1.82, 2.24) is 9.55 Å². The summed E-state index contributed by atoms with van der Waals surface area (Å²) in [6.45, 7) is 1.53. The normalized spacial score (nSPS) is 27.5. The molecule has 1 aromatic rings. The Kier molecular flexibility index (Phi) is 7.44. The Morgan fingerprint density at radius 3 is 2.72 bits per heavy atom. The van der Waals surface area contributed by atoms with E-state index in [1.807, 2.05) is 0 Å². The van der Waals surface area contributed by atoms with E-state index in [1.54, 1.807) is 0 Å². The summed E-state index contributed by atoms with van der Waals surface area (Å²) in [4.78, 5) is 25.9. The first-order chi connectivity index (χ1) is 11.9. The van der Waals surface area contributed by atoms with E-state index in [9.17, 15) is 19.3 Å². The summed E-state index contributed by atoms with van der Waals surface area (Å²) in [7, 11) is -1.16. The van der Waals surface area contributed by atoms with Crippen molar-refractivity contribution in [3.8, 4) is 0 Å². The van der Waals surface area contributed by atoms with Gasteiger partial charge in [0.1, 0.15) is 18.3 Å². The first-order valence-electron chi connectivity index (χ1n) is 7.47. The van der Waals surface area contributed by atoms with Crippen LogP contribution < -0.4 is 11.2 Å². The number of rotatable bonds is 8. The van der Waals surface area contributed by atoms with Crippen LogP contribution in [0.2, 0.25) is 0 Å². The summed E-state index contributed by atoms with van der Waals surface area (Å²) >= 11 is 3.76. The number of hydrogen-bond donors (Lipinski definition) is 3. The molecule has 0 bridgehead atoms. The van der Waals surface area contributed by atoms with Crippen molar-refractivity contribution in [2.45, 2.75) is 31.5 Å². The minimum atomic E-state index is -2.65. The molecule has 2 heterocycles. The van der Waals surface area contributed by atoms with Gasteiger partial charge in [-0.05, 0) is 6.92 Å². The lowest BCUT2D eigenvalue weighted by molar-refractivity contribution is -0.0808. The number of aromatic amines is 1. The summed E-state index contributed by atoms with van der Waals surface area (Å²) in [6, 6.07) is 0. The fourth-order valence-corrected chi connectivity index (χ4v) is 3.44. The van der Waals surface area contributed by atoms with Crippen molar-refractivity contribution >= 4 is 19.5 Å². The van der Waals surface area contributed by atoms with Crippen molar-refractivity contribution in [1.29, 1.82) is 0 Å². The molecule has 1 saturated heterocycles. The predicted molar refractivity (Wildman–Crippen MR) is 91.5 cm³/mol. The van der Waals surface area contributed by atoms with Crippen LogP contribution in [0, 0.1) is 6.92 Å². The molecule has 2 rings (SSSR count). The van der Waals surface area contributed by atoms with Crippen LogP contribution in [0.5, 0.6) is 0 Å². The first kappa shape index (κ1) is 20.4. The van der Waals surface area contributed by atoms with Crippen LogP contribution in [0.15, 0.2) is 15.8 Å². The summed E-state index contributed by atoms with van der Waals surface area (Å²) in [5, 5.41) is 9.53. The van der Waals surface area contributed by atoms with E-state index in [0.29, 0.717) is 5.56 Å². The molecule has 25 heavy (non-hydrogen) atoms. The van der Waals surface area contributed by atoms with Crippen LogP contribution in [-0.2, 0) is 23.3 Å². The minimum Gasteiger partial charge on any atom is -0.394 e. The largest absolute Gasteiger partial charge is 0.394 e. The molecular formula is C13H21N2O8PS. The van der Waals surface area contributed by atoms with Gasteiger partial charge in [-0.15, -0.1) is 0 Å². The second-order valence-electron chi connectivity index (χ2n) is 5.40. The van der Waals surface area contributed by atoms with E-state index in [4.69, 9.17) is 18.7 Å². The topological polar surface area (TPSA) is 129 Å². The van der Waals surface area contributed by atoms with Gasteiger partial charge in [-0.2, -0.15) is 0 Å². The maximum absolute atomic E-state index is 12.2. The fourth-order valence-electron chi connectivity index (χ4n) is 2.56. The average Bonchev–Trinajstić information content (AvgIpc) is 2.88. The van der Waals surface area contributed by atoms with E-state index in [2.05, 4.69) is 17.2 Å². The number of aliphatic hydroxyl groups is 1. The molecule has 0 spiro atoms. The molecular weight excluding hydrogens is 375 g/mol. The molecule has 1 fully saturated rings. The summed E-state index contributed by atoms with van der Waals surface area (Å²) in [5.74, 6) is 0. The molecule has 10 nitrogen and oxygen atoms in total. The molecule has 1 aromatic heterocycles. The number of aromatic nitrogens is 2. The minimum absolute atomic E-state index is 0.156. The van der Waals surface area contributed by atoms with Crippen molar-refractivity contribution in [3.63, 3.8) is 0 Å². The standard InChI is InChI=1S/C13H21N2O8PS/c1-7-5-15(13(18)14-11(7)17)12-10(21-4-3-20-2)9(23-24(19)25)8(6-16)22-12/h5,8-10,12,16,24H,3-4,6H2,1-2H3,(H,19,25)(H,14,17,18)/t8-,9?,10+,12-/m1/s1. The van der Waals surface area contributed by atoms with Gasteiger partial charge >= 0.3 is 5.69 Å². The lowest BCUT2D eigenvalue weighted by atomic mass is 10.1. The number of thiol groups is 1. The Balaban J connectivity index is 2.39. The van der Waals surface area contributed by atoms with Crippen LogP contribution in [0.3, 0.4) is 0 Å². The van der Waals surface area contributed by atoms with Gasteiger partial charge in [0.05, 0.1) is 19.8 Å². The number of aliphatic hydroxyl groups excluding tert-OH is 1. The number of nitrogens with zero attached hydrogens (tertiary/aromatic N) is 1. The quantitative estimate of drug-likeness (QED) is 0.304. The monoisotopic (exact) mass is 396 g/mol. The fraction of sp³-hybridized carbons (Fsp3) is 0.692. The average molecular weight is 396 g/mol. The van der Waals surface area contributed by atoms with Crippen LogP contribution in [-0.4, -0.2) is 59.9 Å². The molecule has 142 valence electrons. The van der Waals surface area contributed by atoms with Gasteiger partial charge in [0.2, 0.25) is 7.23 Å². The number of aryl methyl sites for hydroxylation is 1. The zero-order chi connectivity index (χ0) is 18.6. The summed E-state index contributed by atoms with van der Waals surface area (Å²) < 4.78 is 34.2. The smallest absolute Gasteiger partial charge is 0.330 e. The van der Waals surface area contributed by atoms with Gasteiger partial charge in [0, 0.05) is 18.9 Å². The number of H-pyrrole nitrogens is 1. The van der Waals surface area contributed by atoms with Crippen molar-refractivity contribution in [2.75, 3.05) is 26.9 Å². The highest BCUT2D eigenvalue weighted by Crippen LogP contribution is 2.40. The zero-order valence-corrected chi connectivity index (χ0v) is 15.6. The Labute approximate surface area is 149 Å². The lowest BCUT2D eigenvalue weighted by Crippen LogP contribution is -2.40. The zero-order valence-electron chi connectivity index (χ0n) is 13.7. The number of nitrogens with one attached hydrogen (secondary N) is 1. The predicted octanol–water partition coefficient (Wildman–Crippen LogP) is -0.529. The first-order valence-corrected chi connectivity index (χ1v) is 10.1. The van der Waals surface area contributed by atoms with E-state index in [1.165, 1.54) is 20.2 Å². The third-order valence-corrected chi connectivity index (χ3v) is 4.51. The second-order valence-corrected chi connectivity index (χ2v) is 7.27. The lowest BCUT2D eigenvalue weighted by Gasteiger charge is -2.24. The maximum atomic E-state index is 12.2. The van der Waals surface area contributed by atoms with Gasteiger partial charge in [-0.25, -0.2) is 4.79 Å². The molecule has 0 aromatic carbocycles. The molecule has 0 saturated carbocycles. The molecule has 1 aliphatic rings. The molecule has 2 N–H and O–H groups in total. The SMILES string of the molecule is COCCO[C@H]1C(O[PH](=O)S)[C@@H](CO)O[C@H]1n1cc(C)c(=O)[nH]c1=O. The van der Waals surface area contributed by atoms with E-state index < -0.39 is 49.6 Å². The van der Waals surface area contributed by atoms with Crippen LogP contribution in [0.25, 0.3) is 0 Å².